The number of hydrogen-bond donors (Lipinski definition) is 1. The van der Waals surface area contributed by atoms with Crippen LogP contribution in [-0.4, -0.2) is 43.2 Å². The van der Waals surface area contributed by atoms with Crippen LogP contribution in [0.2, 0.25) is 0 Å². The lowest BCUT2D eigenvalue weighted by Crippen LogP contribution is -2.50. The highest BCUT2D eigenvalue weighted by atomic mass is 15.3. The van der Waals surface area contributed by atoms with Gasteiger partial charge in [-0.1, -0.05) is 0 Å². The molecule has 2 fully saturated rings. The molecule has 0 amide bonds. The average Bonchev–Trinajstić information content (AvgIpc) is 2.94. The lowest BCUT2D eigenvalue weighted by atomic mass is 9.98. The van der Waals surface area contributed by atoms with Crippen molar-refractivity contribution in [1.82, 2.24) is 4.90 Å². The second kappa shape index (κ2) is 4.96. The van der Waals surface area contributed by atoms with Crippen molar-refractivity contribution in [3.8, 4) is 0 Å². The summed E-state index contributed by atoms with van der Waals surface area (Å²) in [6.45, 7) is 7.26. The van der Waals surface area contributed by atoms with Gasteiger partial charge in [-0.05, 0) is 62.9 Å². The summed E-state index contributed by atoms with van der Waals surface area (Å²) in [5.74, 6) is 0. The summed E-state index contributed by atoms with van der Waals surface area (Å²) in [7, 11) is 0. The number of benzene rings is 1. The Morgan fingerprint density at radius 3 is 3.05 bits per heavy atom. The van der Waals surface area contributed by atoms with E-state index < -0.39 is 0 Å². The number of anilines is 2. The largest absolute Gasteiger partial charge is 0.382 e. The molecule has 1 aromatic rings. The minimum Gasteiger partial charge on any atom is -0.382 e. The summed E-state index contributed by atoms with van der Waals surface area (Å²) in [6, 6.07) is 8.46. The van der Waals surface area contributed by atoms with Crippen LogP contribution in [0.15, 0.2) is 18.2 Å². The maximum absolute atomic E-state index is 3.60. The number of nitrogens with zero attached hydrogens (tertiary/aromatic N) is 2. The van der Waals surface area contributed by atoms with Crippen LogP contribution < -0.4 is 10.2 Å². The minimum absolute atomic E-state index is 0.621. The standard InChI is InChI=1S/C17H25N3/c1-13-4-5-14-11-15(6-7-17(14)18-13)20-10-9-19-8-2-3-16(19)12-20/h6-7,11,13,16,18H,2-5,8-10,12H2,1H3. The Labute approximate surface area is 121 Å². The third-order valence-corrected chi connectivity index (χ3v) is 5.29. The molecule has 2 unspecified atom stereocenters. The molecular weight excluding hydrogens is 246 g/mol. The van der Waals surface area contributed by atoms with E-state index in [1.807, 2.05) is 0 Å². The Morgan fingerprint density at radius 2 is 2.10 bits per heavy atom. The van der Waals surface area contributed by atoms with Gasteiger partial charge in [0.1, 0.15) is 0 Å². The van der Waals surface area contributed by atoms with Crippen LogP contribution >= 0.6 is 0 Å². The number of nitrogens with one attached hydrogen (secondary N) is 1. The van der Waals surface area contributed by atoms with E-state index in [1.54, 1.807) is 0 Å². The van der Waals surface area contributed by atoms with Crippen LogP contribution in [0.5, 0.6) is 0 Å². The van der Waals surface area contributed by atoms with Crippen molar-refractivity contribution >= 4 is 11.4 Å². The van der Waals surface area contributed by atoms with Crippen molar-refractivity contribution in [1.29, 1.82) is 0 Å². The fraction of sp³-hybridized carbons (Fsp3) is 0.647. The molecule has 0 bridgehead atoms. The molecule has 0 aromatic heterocycles. The van der Waals surface area contributed by atoms with Gasteiger partial charge in [-0.3, -0.25) is 4.90 Å². The van der Waals surface area contributed by atoms with Crippen LogP contribution in [-0.2, 0) is 6.42 Å². The Hall–Kier alpha value is -1.22. The van der Waals surface area contributed by atoms with Crippen molar-refractivity contribution in [3.63, 3.8) is 0 Å². The molecule has 0 saturated carbocycles. The van der Waals surface area contributed by atoms with Crippen LogP contribution in [0.25, 0.3) is 0 Å². The molecule has 2 saturated heterocycles. The zero-order chi connectivity index (χ0) is 13.5. The van der Waals surface area contributed by atoms with Crippen LogP contribution in [0, 0.1) is 0 Å². The molecule has 20 heavy (non-hydrogen) atoms. The van der Waals surface area contributed by atoms with E-state index in [9.17, 15) is 0 Å². The molecule has 0 aliphatic carbocycles. The molecule has 1 N–H and O–H groups in total. The summed E-state index contributed by atoms with van der Waals surface area (Å²) in [5, 5.41) is 3.60. The number of hydrogen-bond acceptors (Lipinski definition) is 3. The quantitative estimate of drug-likeness (QED) is 0.847. The topological polar surface area (TPSA) is 18.5 Å². The Balaban J connectivity index is 1.54. The number of rotatable bonds is 1. The summed E-state index contributed by atoms with van der Waals surface area (Å²) in [6.07, 6.45) is 5.26. The first-order valence-corrected chi connectivity index (χ1v) is 8.18. The minimum atomic E-state index is 0.621. The van der Waals surface area contributed by atoms with Crippen molar-refractivity contribution in [2.45, 2.75) is 44.7 Å². The van der Waals surface area contributed by atoms with E-state index in [0.29, 0.717) is 6.04 Å². The first kappa shape index (κ1) is 12.5. The predicted molar refractivity (Wildman–Crippen MR) is 84.7 cm³/mol. The van der Waals surface area contributed by atoms with Gasteiger partial charge in [0, 0.05) is 43.1 Å². The molecule has 1 aromatic carbocycles. The SMILES string of the molecule is CC1CCc2cc(N3CCN4CCCC4C3)ccc2N1. The summed E-state index contributed by atoms with van der Waals surface area (Å²) >= 11 is 0. The van der Waals surface area contributed by atoms with E-state index in [1.165, 1.54) is 68.8 Å². The summed E-state index contributed by atoms with van der Waals surface area (Å²) in [5.41, 5.74) is 4.30. The number of aryl methyl sites for hydroxylation is 1. The first-order chi connectivity index (χ1) is 9.79. The normalized spacial score (nSPS) is 29.8. The van der Waals surface area contributed by atoms with Gasteiger partial charge in [-0.15, -0.1) is 0 Å². The van der Waals surface area contributed by atoms with E-state index in [2.05, 4.69) is 40.2 Å². The fourth-order valence-electron chi connectivity index (χ4n) is 4.06. The molecule has 4 rings (SSSR count). The zero-order valence-electron chi connectivity index (χ0n) is 12.4. The van der Waals surface area contributed by atoms with Gasteiger partial charge >= 0.3 is 0 Å². The zero-order valence-corrected chi connectivity index (χ0v) is 12.4. The second-order valence-corrected chi connectivity index (χ2v) is 6.70. The summed E-state index contributed by atoms with van der Waals surface area (Å²) < 4.78 is 0. The first-order valence-electron chi connectivity index (χ1n) is 8.18. The lowest BCUT2D eigenvalue weighted by Gasteiger charge is -2.39. The highest BCUT2D eigenvalue weighted by molar-refractivity contribution is 5.62. The number of piperazine rings is 1. The maximum atomic E-state index is 3.60. The molecule has 3 heterocycles. The molecule has 3 aliphatic rings. The summed E-state index contributed by atoms with van der Waals surface area (Å²) in [4.78, 5) is 5.28. The predicted octanol–water partition coefficient (Wildman–Crippen LogP) is 2.72. The van der Waals surface area contributed by atoms with Crippen molar-refractivity contribution in [3.05, 3.63) is 23.8 Å². The Kier molecular flexibility index (Phi) is 3.10. The molecule has 3 aliphatic heterocycles. The smallest absolute Gasteiger partial charge is 0.0376 e. The van der Waals surface area contributed by atoms with Crippen molar-refractivity contribution in [2.24, 2.45) is 0 Å². The Morgan fingerprint density at radius 1 is 1.15 bits per heavy atom. The third kappa shape index (κ3) is 2.18. The van der Waals surface area contributed by atoms with Gasteiger partial charge < -0.3 is 10.2 Å². The second-order valence-electron chi connectivity index (χ2n) is 6.70. The van der Waals surface area contributed by atoms with Gasteiger partial charge in [-0.2, -0.15) is 0 Å². The van der Waals surface area contributed by atoms with E-state index in [0.717, 1.165) is 6.04 Å². The third-order valence-electron chi connectivity index (χ3n) is 5.29. The van der Waals surface area contributed by atoms with Crippen LogP contribution in [0.3, 0.4) is 0 Å². The molecule has 0 spiro atoms. The van der Waals surface area contributed by atoms with Crippen molar-refractivity contribution in [2.75, 3.05) is 36.4 Å². The molecule has 108 valence electrons. The number of fused-ring (bicyclic) bond motifs is 2. The van der Waals surface area contributed by atoms with Gasteiger partial charge in [0.05, 0.1) is 0 Å². The molecule has 3 nitrogen and oxygen atoms in total. The average molecular weight is 271 g/mol. The fourth-order valence-corrected chi connectivity index (χ4v) is 4.06. The van der Waals surface area contributed by atoms with Crippen LogP contribution in [0.1, 0.15) is 31.7 Å². The van der Waals surface area contributed by atoms with E-state index in [-0.39, 0.29) is 0 Å². The van der Waals surface area contributed by atoms with Gasteiger partial charge in [-0.25, -0.2) is 0 Å². The highest BCUT2D eigenvalue weighted by Crippen LogP contribution is 2.31. The lowest BCUT2D eigenvalue weighted by molar-refractivity contribution is 0.231. The molecule has 0 radical (unpaired) electrons. The van der Waals surface area contributed by atoms with E-state index >= 15 is 0 Å². The van der Waals surface area contributed by atoms with E-state index in [4.69, 9.17) is 0 Å². The molecule has 2 atom stereocenters. The van der Waals surface area contributed by atoms with Gasteiger partial charge in [0.25, 0.3) is 0 Å². The van der Waals surface area contributed by atoms with Crippen LogP contribution in [0.4, 0.5) is 11.4 Å². The maximum Gasteiger partial charge on any atom is 0.0376 e. The van der Waals surface area contributed by atoms with Gasteiger partial charge in [0.15, 0.2) is 0 Å². The van der Waals surface area contributed by atoms with Gasteiger partial charge in [0.2, 0.25) is 0 Å². The molecule has 3 heteroatoms. The highest BCUT2D eigenvalue weighted by Gasteiger charge is 2.30. The Bertz CT molecular complexity index is 499. The monoisotopic (exact) mass is 271 g/mol. The van der Waals surface area contributed by atoms with Crippen molar-refractivity contribution < 1.29 is 0 Å². The molecular formula is C17H25N3.